The van der Waals surface area contributed by atoms with Crippen LogP contribution < -0.4 is 0 Å². The van der Waals surface area contributed by atoms with Gasteiger partial charge in [-0.25, -0.2) is 0 Å². The normalized spacial score (nSPS) is 13.3. The van der Waals surface area contributed by atoms with E-state index >= 15 is 0 Å². The molecule has 2 heteroatoms. The van der Waals surface area contributed by atoms with Gasteiger partial charge in [-0.3, -0.25) is 0 Å². The first kappa shape index (κ1) is 14.7. The summed E-state index contributed by atoms with van der Waals surface area (Å²) in [5.74, 6) is 0. The second-order valence-electron chi connectivity index (χ2n) is 5.99. The van der Waals surface area contributed by atoms with E-state index in [0.717, 1.165) is 0 Å². The number of hydrogen-bond acceptors (Lipinski definition) is 0. The molecule has 0 unspecified atom stereocenters. The van der Waals surface area contributed by atoms with Crippen molar-refractivity contribution >= 4 is 24.0 Å². The number of hydrogen-bond donors (Lipinski definition) is 0. The lowest BCUT2D eigenvalue weighted by atomic mass is 10.2. The summed E-state index contributed by atoms with van der Waals surface area (Å²) >= 11 is 3.48. The van der Waals surface area contributed by atoms with Crippen LogP contribution in [0.5, 0.6) is 0 Å². The quantitative estimate of drug-likeness (QED) is 0.344. The average Bonchev–Trinajstić information content (AvgIpc) is 2.02. The Morgan fingerprint density at radius 3 is 1.86 bits per heavy atom. The number of unbranched alkanes of at least 4 members (excludes halogenated alkanes) is 3. The Labute approximate surface area is 100 Å². The number of rotatable bonds is 6. The van der Waals surface area contributed by atoms with Gasteiger partial charge in [0, 0.05) is 5.33 Å². The van der Waals surface area contributed by atoms with E-state index in [1.165, 1.54) is 37.1 Å². The summed E-state index contributed by atoms with van der Waals surface area (Å²) < 4.78 is 0. The Kier molecular flexibility index (Phi) is 6.63. The second-order valence-corrected chi connectivity index (χ2v) is 12.5. The Morgan fingerprint density at radius 1 is 0.929 bits per heavy atom. The number of alkyl halides is 1. The molecule has 0 N–H and O–H groups in total. The van der Waals surface area contributed by atoms with Crippen LogP contribution in [-0.4, -0.2) is 13.4 Å². The highest BCUT2D eigenvalue weighted by molar-refractivity contribution is 9.09. The minimum Gasteiger partial charge on any atom is -0.0928 e. The van der Waals surface area contributed by atoms with Crippen molar-refractivity contribution in [2.75, 3.05) is 5.33 Å². The van der Waals surface area contributed by atoms with Crippen molar-refractivity contribution in [3.8, 4) is 0 Å². The van der Waals surface area contributed by atoms with Crippen LogP contribution in [0.3, 0.4) is 0 Å². The van der Waals surface area contributed by atoms with Crippen LogP contribution in [0.25, 0.3) is 0 Å². The lowest BCUT2D eigenvalue weighted by Crippen LogP contribution is -2.36. The lowest BCUT2D eigenvalue weighted by Gasteiger charge is -2.37. The standard InChI is InChI=1S/C12H27BrSi/c1-12(2,3)14(4,5)11-9-7-6-8-10-13/h6-11H2,1-5H3. The van der Waals surface area contributed by atoms with Gasteiger partial charge in [-0.05, 0) is 11.5 Å². The van der Waals surface area contributed by atoms with E-state index in [-0.39, 0.29) is 0 Å². The first-order valence-corrected chi connectivity index (χ1v) is 10.2. The molecule has 0 aliphatic carbocycles. The molecular formula is C12H27BrSi. The molecule has 0 radical (unpaired) electrons. The summed E-state index contributed by atoms with van der Waals surface area (Å²) in [5.41, 5.74) is 0. The zero-order chi connectivity index (χ0) is 11.2. The Balaban J connectivity index is 3.67. The van der Waals surface area contributed by atoms with Gasteiger partial charge >= 0.3 is 0 Å². The molecule has 86 valence electrons. The van der Waals surface area contributed by atoms with Gasteiger partial charge in [-0.15, -0.1) is 0 Å². The average molecular weight is 279 g/mol. The fraction of sp³-hybridized carbons (Fsp3) is 1.00. The first-order valence-electron chi connectivity index (χ1n) is 5.87. The van der Waals surface area contributed by atoms with Crippen molar-refractivity contribution in [2.24, 2.45) is 0 Å². The van der Waals surface area contributed by atoms with Gasteiger partial charge < -0.3 is 0 Å². The van der Waals surface area contributed by atoms with E-state index in [9.17, 15) is 0 Å². The van der Waals surface area contributed by atoms with Gasteiger partial charge in [0.05, 0.1) is 8.07 Å². The molecule has 14 heavy (non-hydrogen) atoms. The SMILES string of the molecule is CC(C)(C)[Si](C)(C)CCCCCCBr. The Bertz CT molecular complexity index is 147. The van der Waals surface area contributed by atoms with E-state index in [0.29, 0.717) is 5.04 Å². The maximum atomic E-state index is 3.48. The summed E-state index contributed by atoms with van der Waals surface area (Å²) in [6.07, 6.45) is 5.62. The third-order valence-corrected chi connectivity index (χ3v) is 9.94. The molecule has 0 aliphatic rings. The van der Waals surface area contributed by atoms with Gasteiger partial charge in [-0.2, -0.15) is 0 Å². The monoisotopic (exact) mass is 278 g/mol. The molecule has 0 amide bonds. The molecule has 0 spiro atoms. The second kappa shape index (κ2) is 6.32. The van der Waals surface area contributed by atoms with Crippen molar-refractivity contribution in [3.05, 3.63) is 0 Å². The van der Waals surface area contributed by atoms with Gasteiger partial charge in [-0.1, -0.05) is 75.1 Å². The van der Waals surface area contributed by atoms with Crippen LogP contribution in [-0.2, 0) is 0 Å². The van der Waals surface area contributed by atoms with Crippen LogP contribution >= 0.6 is 15.9 Å². The van der Waals surface area contributed by atoms with Gasteiger partial charge in [0.25, 0.3) is 0 Å². The zero-order valence-electron chi connectivity index (χ0n) is 10.6. The fourth-order valence-electron chi connectivity index (χ4n) is 1.39. The third-order valence-electron chi connectivity index (χ3n) is 3.72. The van der Waals surface area contributed by atoms with Crippen molar-refractivity contribution in [3.63, 3.8) is 0 Å². The largest absolute Gasteiger partial charge is 0.0928 e. The van der Waals surface area contributed by atoms with Crippen LogP contribution in [0.2, 0.25) is 24.2 Å². The molecule has 0 heterocycles. The van der Waals surface area contributed by atoms with Gasteiger partial charge in [0.2, 0.25) is 0 Å². The summed E-state index contributed by atoms with van der Waals surface area (Å²) in [4.78, 5) is 0. The van der Waals surface area contributed by atoms with Gasteiger partial charge in [0.15, 0.2) is 0 Å². The predicted octanol–water partition coefficient (Wildman–Crippen LogP) is 5.45. The molecule has 0 bridgehead atoms. The summed E-state index contributed by atoms with van der Waals surface area (Å²) in [6.45, 7) is 12.3. The topological polar surface area (TPSA) is 0 Å². The predicted molar refractivity (Wildman–Crippen MR) is 74.3 cm³/mol. The fourth-order valence-corrected chi connectivity index (χ4v) is 3.67. The van der Waals surface area contributed by atoms with Crippen LogP contribution in [0.1, 0.15) is 46.5 Å². The first-order chi connectivity index (χ1) is 6.31. The van der Waals surface area contributed by atoms with Crippen molar-refractivity contribution in [2.45, 2.75) is 70.6 Å². The molecule has 0 nitrogen and oxygen atoms in total. The van der Waals surface area contributed by atoms with Crippen LogP contribution in [0.15, 0.2) is 0 Å². The van der Waals surface area contributed by atoms with Crippen molar-refractivity contribution in [1.29, 1.82) is 0 Å². The molecular weight excluding hydrogens is 252 g/mol. The van der Waals surface area contributed by atoms with Crippen molar-refractivity contribution in [1.82, 2.24) is 0 Å². The molecule has 0 aromatic rings. The van der Waals surface area contributed by atoms with Crippen LogP contribution in [0.4, 0.5) is 0 Å². The highest BCUT2D eigenvalue weighted by Gasteiger charge is 2.33. The van der Waals surface area contributed by atoms with Gasteiger partial charge in [0.1, 0.15) is 0 Å². The smallest absolute Gasteiger partial charge is 0.0527 e. The van der Waals surface area contributed by atoms with E-state index < -0.39 is 8.07 Å². The maximum absolute atomic E-state index is 3.48. The molecule has 0 saturated carbocycles. The maximum Gasteiger partial charge on any atom is 0.0527 e. The van der Waals surface area contributed by atoms with E-state index in [1.54, 1.807) is 0 Å². The summed E-state index contributed by atoms with van der Waals surface area (Å²) in [7, 11) is -0.977. The number of halogens is 1. The molecule has 0 rings (SSSR count). The molecule has 0 fully saturated rings. The van der Waals surface area contributed by atoms with Crippen molar-refractivity contribution < 1.29 is 0 Å². The van der Waals surface area contributed by atoms with E-state index in [1.807, 2.05) is 0 Å². The molecule has 0 aromatic heterocycles. The van der Waals surface area contributed by atoms with Crippen LogP contribution in [0, 0.1) is 0 Å². The lowest BCUT2D eigenvalue weighted by molar-refractivity contribution is 0.670. The molecule has 0 aromatic carbocycles. The third kappa shape index (κ3) is 5.55. The Hall–Kier alpha value is 0.697. The highest BCUT2D eigenvalue weighted by Crippen LogP contribution is 2.39. The Morgan fingerprint density at radius 2 is 1.43 bits per heavy atom. The molecule has 0 atom stereocenters. The minimum atomic E-state index is -0.977. The molecule has 0 saturated heterocycles. The van der Waals surface area contributed by atoms with E-state index in [4.69, 9.17) is 0 Å². The highest BCUT2D eigenvalue weighted by atomic mass is 79.9. The molecule has 0 aliphatic heterocycles. The van der Waals surface area contributed by atoms with E-state index in [2.05, 4.69) is 49.8 Å². The minimum absolute atomic E-state index is 0.572. The summed E-state index contributed by atoms with van der Waals surface area (Å²) in [5, 5.41) is 1.75. The zero-order valence-corrected chi connectivity index (χ0v) is 13.2. The summed E-state index contributed by atoms with van der Waals surface area (Å²) in [6, 6.07) is 1.50.